The van der Waals surface area contributed by atoms with E-state index in [1.807, 2.05) is 3.71 Å². The molecule has 0 radical (unpaired) electrons. The van der Waals surface area contributed by atoms with Gasteiger partial charge >= 0.3 is 68.0 Å². The van der Waals surface area contributed by atoms with Crippen LogP contribution in [-0.4, -0.2) is 3.71 Å². The van der Waals surface area contributed by atoms with Crippen molar-refractivity contribution in [3.63, 3.8) is 0 Å². The minimum atomic E-state index is -0.170. The van der Waals surface area contributed by atoms with Gasteiger partial charge in [0.1, 0.15) is 0 Å². The van der Waals surface area contributed by atoms with Gasteiger partial charge in [0.05, 0.1) is 0 Å². The van der Waals surface area contributed by atoms with Gasteiger partial charge in [-0.25, -0.2) is 5.57 Å². The van der Waals surface area contributed by atoms with E-state index in [9.17, 15) is 4.39 Å². The summed E-state index contributed by atoms with van der Waals surface area (Å²) in [6.45, 7) is 8.79. The maximum Gasteiger partial charge on any atom is -0.0771 e. The SMILES string of the molecule is CC1=[C-]C(C)C=C1C(C)C.Fc1ccc([CH]=[Zr+2])cc1.[Cl-].[Cl-].c1ccc2c(c1)[cH-]c1ccccc12. The molecule has 0 heterocycles. The van der Waals surface area contributed by atoms with Gasteiger partial charge in [-0.1, -0.05) is 75.9 Å². The quantitative estimate of drug-likeness (QED) is 0.325. The molecule has 0 aliphatic heterocycles. The largest absolute Gasteiger partial charge is 1.00 e. The van der Waals surface area contributed by atoms with Crippen LogP contribution in [-0.2, 0) is 24.2 Å². The molecule has 176 valence electrons. The fourth-order valence-electron chi connectivity index (χ4n) is 3.95. The number of allylic oxidation sites excluding steroid dienone is 4. The van der Waals surface area contributed by atoms with Gasteiger partial charge in [-0.2, -0.15) is 11.6 Å². The molecule has 0 fully saturated rings. The first-order valence-corrected chi connectivity index (χ1v) is 12.4. The molecule has 0 saturated carbocycles. The first-order chi connectivity index (χ1) is 15.4. The zero-order chi connectivity index (χ0) is 23.1. The first-order valence-electron chi connectivity index (χ1n) is 11.0. The third-order valence-electron chi connectivity index (χ3n) is 5.49. The fraction of sp³-hybridized carbons (Fsp3) is 0.200. The smallest absolute Gasteiger partial charge is 0.0771 e. The molecule has 0 nitrogen and oxygen atoms in total. The Hall–Kier alpha value is -1.73. The summed E-state index contributed by atoms with van der Waals surface area (Å²) < 4.78 is 14.2. The third kappa shape index (κ3) is 8.19. The Morgan fingerprint density at radius 3 is 1.76 bits per heavy atom. The molecule has 5 rings (SSSR count). The summed E-state index contributed by atoms with van der Waals surface area (Å²) in [5.74, 6) is 1.03. The van der Waals surface area contributed by atoms with E-state index in [-0.39, 0.29) is 30.6 Å². The van der Waals surface area contributed by atoms with Crippen molar-refractivity contribution in [1.82, 2.24) is 0 Å². The predicted molar refractivity (Wildman–Crippen MR) is 133 cm³/mol. The zero-order valence-corrected chi connectivity index (χ0v) is 23.9. The van der Waals surface area contributed by atoms with E-state index in [0.29, 0.717) is 11.8 Å². The Kier molecular flexibility index (Phi) is 13.0. The van der Waals surface area contributed by atoms with Crippen LogP contribution in [0.15, 0.2) is 96.1 Å². The first kappa shape index (κ1) is 30.3. The van der Waals surface area contributed by atoms with E-state index in [0.717, 1.165) is 5.56 Å². The minimum absolute atomic E-state index is 0. The van der Waals surface area contributed by atoms with Crippen LogP contribution in [0, 0.1) is 23.7 Å². The number of halogens is 3. The van der Waals surface area contributed by atoms with Gasteiger partial charge in [-0.3, -0.25) is 6.08 Å². The van der Waals surface area contributed by atoms with Crippen molar-refractivity contribution >= 4 is 25.3 Å². The summed E-state index contributed by atoms with van der Waals surface area (Å²) in [5.41, 5.74) is 3.92. The van der Waals surface area contributed by atoms with Crippen LogP contribution >= 0.6 is 0 Å². The Labute approximate surface area is 230 Å². The summed E-state index contributed by atoms with van der Waals surface area (Å²) in [6, 6.07) is 25.7. The number of hydrogen-bond acceptors (Lipinski definition) is 0. The molecule has 1 unspecified atom stereocenters. The van der Waals surface area contributed by atoms with Gasteiger partial charge in [0.25, 0.3) is 0 Å². The maximum absolute atomic E-state index is 12.2. The Balaban J connectivity index is 0.000000253. The van der Waals surface area contributed by atoms with Crippen LogP contribution < -0.4 is 24.8 Å². The van der Waals surface area contributed by atoms with Crippen LogP contribution in [0.3, 0.4) is 0 Å². The van der Waals surface area contributed by atoms with E-state index in [1.54, 1.807) is 12.1 Å². The van der Waals surface area contributed by atoms with E-state index in [2.05, 4.69) is 94.4 Å². The molecule has 4 aromatic carbocycles. The van der Waals surface area contributed by atoms with Gasteiger partial charge in [-0.05, 0) is 0 Å². The second-order valence-corrected chi connectivity index (χ2v) is 9.06. The van der Waals surface area contributed by atoms with Gasteiger partial charge in [-0.15, -0.1) is 39.7 Å². The standard InChI is InChI=1S/C13H9.C10H15.C7H5F.2ClH.Zr/c1-3-7-12-10(5-1)9-11-6-2-4-8-13(11)12;1-7(2)10-6-8(3)5-9(10)4;1-6-2-4-7(8)5-3-6;;;/h1-9H;6-8H,1-4H3;1-5H;2*1H;/q2*-1;;;;+2/p-2. The van der Waals surface area contributed by atoms with E-state index in [1.165, 1.54) is 69.1 Å². The molecule has 0 N–H and O–H groups in total. The van der Waals surface area contributed by atoms with Crippen molar-refractivity contribution in [3.05, 3.63) is 114 Å². The third-order valence-corrected chi connectivity index (χ3v) is 6.31. The van der Waals surface area contributed by atoms with Gasteiger partial charge in [0.15, 0.2) is 0 Å². The summed E-state index contributed by atoms with van der Waals surface area (Å²) >= 11 is 1.34. The number of fused-ring (bicyclic) bond motifs is 3. The molecule has 0 spiro atoms. The monoisotopic (exact) mass is 568 g/mol. The summed E-state index contributed by atoms with van der Waals surface area (Å²) in [5, 5.41) is 5.39. The Morgan fingerprint density at radius 1 is 0.882 bits per heavy atom. The van der Waals surface area contributed by atoms with Gasteiger partial charge in [0.2, 0.25) is 0 Å². The van der Waals surface area contributed by atoms with Crippen LogP contribution in [0.4, 0.5) is 4.39 Å². The molecular formula is C30H29Cl2FZr-2. The zero-order valence-electron chi connectivity index (χ0n) is 19.9. The molecule has 0 aromatic heterocycles. The average molecular weight is 571 g/mol. The maximum atomic E-state index is 12.2. The second kappa shape index (κ2) is 14.6. The summed E-state index contributed by atoms with van der Waals surface area (Å²) in [4.78, 5) is 0. The van der Waals surface area contributed by atoms with Crippen molar-refractivity contribution < 1.29 is 53.4 Å². The van der Waals surface area contributed by atoms with Crippen molar-refractivity contribution in [1.29, 1.82) is 0 Å². The van der Waals surface area contributed by atoms with E-state index >= 15 is 0 Å². The van der Waals surface area contributed by atoms with Crippen LogP contribution in [0.25, 0.3) is 21.5 Å². The predicted octanol–water partition coefficient (Wildman–Crippen LogP) is 2.21. The van der Waals surface area contributed by atoms with Crippen LogP contribution in [0.1, 0.15) is 33.3 Å². The topological polar surface area (TPSA) is 0 Å². The summed E-state index contributed by atoms with van der Waals surface area (Å²) in [7, 11) is 0. The van der Waals surface area contributed by atoms with Gasteiger partial charge < -0.3 is 24.8 Å². The second-order valence-electron chi connectivity index (χ2n) is 8.35. The number of hydrogen-bond donors (Lipinski definition) is 0. The summed E-state index contributed by atoms with van der Waals surface area (Å²) in [6.07, 6.45) is 5.68. The number of rotatable bonds is 2. The molecule has 34 heavy (non-hydrogen) atoms. The molecule has 1 aliphatic rings. The van der Waals surface area contributed by atoms with Crippen molar-refractivity contribution in [3.8, 4) is 0 Å². The molecular weight excluding hydrogens is 541 g/mol. The van der Waals surface area contributed by atoms with Gasteiger partial charge in [0, 0.05) is 0 Å². The molecule has 4 aromatic rings. The molecule has 0 amide bonds. The molecule has 0 saturated heterocycles. The molecule has 1 aliphatic carbocycles. The van der Waals surface area contributed by atoms with E-state index in [4.69, 9.17) is 0 Å². The molecule has 0 bridgehead atoms. The molecule has 1 atom stereocenters. The average Bonchev–Trinajstić information content (AvgIpc) is 3.34. The van der Waals surface area contributed by atoms with Crippen LogP contribution in [0.5, 0.6) is 0 Å². The van der Waals surface area contributed by atoms with Crippen molar-refractivity contribution in [2.45, 2.75) is 27.7 Å². The fourth-order valence-corrected chi connectivity index (χ4v) is 4.42. The Bertz CT molecular complexity index is 1200. The van der Waals surface area contributed by atoms with E-state index < -0.39 is 0 Å². The van der Waals surface area contributed by atoms with Crippen molar-refractivity contribution in [2.24, 2.45) is 11.8 Å². The van der Waals surface area contributed by atoms with Crippen molar-refractivity contribution in [2.75, 3.05) is 0 Å². The molecule has 4 heteroatoms. The number of benzene rings is 3. The Morgan fingerprint density at radius 2 is 1.38 bits per heavy atom. The van der Waals surface area contributed by atoms with Crippen LogP contribution in [0.2, 0.25) is 0 Å². The normalized spacial score (nSPS) is 14.1. The minimum Gasteiger partial charge on any atom is -1.00 e.